The van der Waals surface area contributed by atoms with Crippen LogP contribution in [0.4, 0.5) is 11.6 Å². The smallest absolute Gasteiger partial charge is 0.129 e. The molecule has 2 saturated carbocycles. The van der Waals surface area contributed by atoms with Crippen molar-refractivity contribution in [1.29, 1.82) is 0 Å². The van der Waals surface area contributed by atoms with Gasteiger partial charge in [0.15, 0.2) is 0 Å². The number of hydrogen-bond donors (Lipinski definition) is 3. The fourth-order valence-corrected chi connectivity index (χ4v) is 5.06. The summed E-state index contributed by atoms with van der Waals surface area (Å²) in [5.74, 6) is 1.40. The molecule has 1 aliphatic heterocycles. The van der Waals surface area contributed by atoms with Crippen LogP contribution in [0.1, 0.15) is 51.5 Å². The number of nitrogens with two attached hydrogens (primary N) is 1. The molecule has 138 valence electrons. The SMILES string of the molecule is C[C@@H]1CN(Cc2cc(N)nc(NC34CCC(O)(CC3)C4)c2)C[C@H](C)O1. The molecule has 1 saturated heterocycles. The summed E-state index contributed by atoms with van der Waals surface area (Å²) in [5.41, 5.74) is 6.78. The Bertz CT molecular complexity index is 632. The minimum Gasteiger partial charge on any atom is -0.390 e. The Balaban J connectivity index is 1.47. The highest BCUT2D eigenvalue weighted by atomic mass is 16.5. The second kappa shape index (κ2) is 6.11. The van der Waals surface area contributed by atoms with Crippen molar-refractivity contribution in [2.45, 2.75) is 75.8 Å². The highest BCUT2D eigenvalue weighted by Crippen LogP contribution is 2.51. The zero-order valence-electron chi connectivity index (χ0n) is 15.3. The Hall–Kier alpha value is -1.37. The number of anilines is 2. The van der Waals surface area contributed by atoms with Gasteiger partial charge in [0.1, 0.15) is 11.6 Å². The first-order chi connectivity index (χ1) is 11.8. The van der Waals surface area contributed by atoms with Crippen LogP contribution in [0.25, 0.3) is 0 Å². The van der Waals surface area contributed by atoms with E-state index in [1.165, 1.54) is 5.56 Å². The van der Waals surface area contributed by atoms with Crippen LogP contribution in [-0.2, 0) is 11.3 Å². The van der Waals surface area contributed by atoms with Gasteiger partial charge < -0.3 is 20.9 Å². The van der Waals surface area contributed by atoms with E-state index in [0.29, 0.717) is 5.82 Å². The van der Waals surface area contributed by atoms with Crippen molar-refractivity contribution >= 4 is 11.6 Å². The zero-order valence-corrected chi connectivity index (χ0v) is 15.3. The van der Waals surface area contributed by atoms with E-state index in [0.717, 1.165) is 57.6 Å². The number of nitrogens with zero attached hydrogens (tertiary/aromatic N) is 2. The molecule has 3 fully saturated rings. The summed E-state index contributed by atoms with van der Waals surface area (Å²) in [6.45, 7) is 6.98. The second-order valence-electron chi connectivity index (χ2n) is 8.54. The Morgan fingerprint density at radius 3 is 2.52 bits per heavy atom. The van der Waals surface area contributed by atoms with Crippen molar-refractivity contribution in [2.24, 2.45) is 0 Å². The van der Waals surface area contributed by atoms with Gasteiger partial charge in [-0.15, -0.1) is 0 Å². The van der Waals surface area contributed by atoms with Gasteiger partial charge in [0.05, 0.1) is 17.8 Å². The van der Waals surface area contributed by atoms with Gasteiger partial charge in [-0.05, 0) is 63.6 Å². The predicted molar refractivity (Wildman–Crippen MR) is 98.3 cm³/mol. The van der Waals surface area contributed by atoms with E-state index in [-0.39, 0.29) is 17.7 Å². The van der Waals surface area contributed by atoms with Crippen molar-refractivity contribution in [3.63, 3.8) is 0 Å². The third-order valence-electron chi connectivity index (χ3n) is 6.00. The number of hydrogen-bond acceptors (Lipinski definition) is 6. The van der Waals surface area contributed by atoms with Crippen LogP contribution in [-0.4, -0.2) is 51.4 Å². The molecule has 1 aromatic rings. The number of fused-ring (bicyclic) bond motifs is 2. The fourth-order valence-electron chi connectivity index (χ4n) is 5.06. The Labute approximate surface area is 149 Å². The molecule has 3 aliphatic rings. The minimum atomic E-state index is -0.462. The lowest BCUT2D eigenvalue weighted by Crippen LogP contribution is -2.44. The Kier molecular flexibility index (Phi) is 4.17. The van der Waals surface area contributed by atoms with Crippen molar-refractivity contribution < 1.29 is 9.84 Å². The first kappa shape index (κ1) is 17.1. The lowest BCUT2D eigenvalue weighted by atomic mass is 9.93. The summed E-state index contributed by atoms with van der Waals surface area (Å²) in [5, 5.41) is 14.1. The minimum absolute atomic E-state index is 0.00515. The molecule has 2 aliphatic carbocycles. The van der Waals surface area contributed by atoms with Crippen molar-refractivity contribution in [2.75, 3.05) is 24.1 Å². The summed E-state index contributed by atoms with van der Waals surface area (Å²) in [6.07, 6.45) is 5.13. The molecular weight excluding hydrogens is 316 g/mol. The number of aromatic nitrogens is 1. The van der Waals surface area contributed by atoms with E-state index in [2.05, 4.69) is 35.1 Å². The van der Waals surface area contributed by atoms with Crippen molar-refractivity contribution in [1.82, 2.24) is 9.88 Å². The van der Waals surface area contributed by atoms with E-state index in [1.54, 1.807) is 0 Å². The van der Waals surface area contributed by atoms with Crippen LogP contribution in [0.15, 0.2) is 12.1 Å². The first-order valence-electron chi connectivity index (χ1n) is 9.48. The monoisotopic (exact) mass is 346 g/mol. The number of morpholine rings is 1. The summed E-state index contributed by atoms with van der Waals surface area (Å²) in [4.78, 5) is 6.91. The maximum atomic E-state index is 10.5. The number of ether oxygens (including phenoxy) is 1. The molecule has 4 N–H and O–H groups in total. The van der Waals surface area contributed by atoms with Crippen LogP contribution >= 0.6 is 0 Å². The third-order valence-corrected chi connectivity index (χ3v) is 6.00. The van der Waals surface area contributed by atoms with Crippen LogP contribution in [0.3, 0.4) is 0 Å². The molecule has 2 heterocycles. The third kappa shape index (κ3) is 3.61. The number of nitrogen functional groups attached to an aromatic ring is 1. The largest absolute Gasteiger partial charge is 0.390 e. The first-order valence-corrected chi connectivity index (χ1v) is 9.48. The summed E-state index contributed by atoms with van der Waals surface area (Å²) in [6, 6.07) is 4.08. The quantitative estimate of drug-likeness (QED) is 0.775. The molecule has 0 unspecified atom stereocenters. The predicted octanol–water partition coefficient (Wildman–Crippen LogP) is 2.13. The lowest BCUT2D eigenvalue weighted by molar-refractivity contribution is -0.0704. The maximum absolute atomic E-state index is 10.5. The molecule has 0 aromatic carbocycles. The van der Waals surface area contributed by atoms with Gasteiger partial charge in [0.2, 0.25) is 0 Å². The number of aliphatic hydroxyl groups is 1. The van der Waals surface area contributed by atoms with E-state index in [4.69, 9.17) is 10.5 Å². The molecule has 4 rings (SSSR count). The van der Waals surface area contributed by atoms with Gasteiger partial charge in [-0.1, -0.05) is 0 Å². The molecule has 2 bridgehead atoms. The molecule has 6 nitrogen and oxygen atoms in total. The molecule has 0 radical (unpaired) electrons. The van der Waals surface area contributed by atoms with Gasteiger partial charge in [-0.2, -0.15) is 0 Å². The highest BCUT2D eigenvalue weighted by molar-refractivity contribution is 5.49. The lowest BCUT2D eigenvalue weighted by Gasteiger charge is -2.35. The number of pyridine rings is 1. The van der Waals surface area contributed by atoms with Crippen LogP contribution in [0.2, 0.25) is 0 Å². The highest BCUT2D eigenvalue weighted by Gasteiger charge is 2.53. The molecule has 25 heavy (non-hydrogen) atoms. The average Bonchev–Trinajstić information content (AvgIpc) is 2.98. The molecule has 1 aromatic heterocycles. The number of nitrogens with one attached hydrogen (secondary N) is 1. The normalized spacial score (nSPS) is 38.2. The van der Waals surface area contributed by atoms with E-state index in [9.17, 15) is 5.11 Å². The Morgan fingerprint density at radius 1 is 1.24 bits per heavy atom. The maximum Gasteiger partial charge on any atom is 0.129 e. The summed E-state index contributed by atoms with van der Waals surface area (Å²) in [7, 11) is 0. The number of rotatable bonds is 4. The molecule has 6 heteroatoms. The fraction of sp³-hybridized carbons (Fsp3) is 0.737. The topological polar surface area (TPSA) is 83.6 Å². The summed E-state index contributed by atoms with van der Waals surface area (Å²) < 4.78 is 5.82. The van der Waals surface area contributed by atoms with Crippen LogP contribution in [0, 0.1) is 0 Å². The van der Waals surface area contributed by atoms with E-state index < -0.39 is 5.60 Å². The standard InChI is InChI=1S/C19H30N4O2/c1-13-9-23(10-14(2)25-13)11-15-7-16(20)21-17(8-15)22-18-3-5-19(24,12-18)6-4-18/h7-8,13-14,24H,3-6,9-12H2,1-2H3,(H3,20,21,22)/t13-,14+,18?,19?. The van der Waals surface area contributed by atoms with Crippen LogP contribution in [0.5, 0.6) is 0 Å². The molecule has 0 amide bonds. The van der Waals surface area contributed by atoms with Gasteiger partial charge in [0.25, 0.3) is 0 Å². The zero-order chi connectivity index (χ0) is 17.7. The van der Waals surface area contributed by atoms with E-state index >= 15 is 0 Å². The van der Waals surface area contributed by atoms with Crippen molar-refractivity contribution in [3.8, 4) is 0 Å². The van der Waals surface area contributed by atoms with Gasteiger partial charge in [0, 0.05) is 25.2 Å². The van der Waals surface area contributed by atoms with Gasteiger partial charge in [-0.3, -0.25) is 4.90 Å². The molecule has 2 atom stereocenters. The van der Waals surface area contributed by atoms with Crippen LogP contribution < -0.4 is 11.1 Å². The van der Waals surface area contributed by atoms with Gasteiger partial charge in [-0.25, -0.2) is 4.98 Å². The van der Waals surface area contributed by atoms with Crippen molar-refractivity contribution in [3.05, 3.63) is 17.7 Å². The molecule has 0 spiro atoms. The summed E-state index contributed by atoms with van der Waals surface area (Å²) >= 11 is 0. The second-order valence-corrected chi connectivity index (χ2v) is 8.54. The Morgan fingerprint density at radius 2 is 1.92 bits per heavy atom. The van der Waals surface area contributed by atoms with Gasteiger partial charge >= 0.3 is 0 Å². The molecular formula is C19H30N4O2. The average molecular weight is 346 g/mol. The van der Waals surface area contributed by atoms with E-state index in [1.807, 2.05) is 6.07 Å².